The topological polar surface area (TPSA) is 59.4 Å². The number of hydrogen-bond acceptors (Lipinski definition) is 4. The van der Waals surface area contributed by atoms with Gasteiger partial charge in [0.1, 0.15) is 11.9 Å². The van der Waals surface area contributed by atoms with Crippen LogP contribution in [0.15, 0.2) is 48.8 Å². The number of carbonyl (C=O) groups is 1. The Morgan fingerprint density at radius 2 is 2.00 bits per heavy atom. The molecule has 3 aromatic rings. The standard InChI is InChI=1S/C26H33FN4O2/c1-18(15-30-12-11-19-13-20(27)9-10-23(19)30)33-25(32)29-21(14-26(2,3)4)16-31-17-28-22-7-5-6-8-24(22)31/h5-10,13,17-18,21H,11-12,14-16H2,1-4H3,(H,29,32)/t18-,21-/m0/s1. The molecule has 33 heavy (non-hydrogen) atoms. The summed E-state index contributed by atoms with van der Waals surface area (Å²) in [6.45, 7) is 10.4. The van der Waals surface area contributed by atoms with Crippen LogP contribution in [-0.2, 0) is 17.7 Å². The molecule has 2 aromatic carbocycles. The van der Waals surface area contributed by atoms with Gasteiger partial charge in [0.15, 0.2) is 0 Å². The van der Waals surface area contributed by atoms with Crippen molar-refractivity contribution in [2.45, 2.75) is 59.2 Å². The van der Waals surface area contributed by atoms with Crippen LogP contribution in [0, 0.1) is 11.2 Å². The molecule has 0 unspecified atom stereocenters. The molecule has 4 rings (SSSR count). The maximum atomic E-state index is 13.5. The van der Waals surface area contributed by atoms with Crippen LogP contribution in [-0.4, -0.2) is 40.9 Å². The number of anilines is 1. The number of nitrogens with one attached hydrogen (secondary N) is 1. The second-order valence-corrected chi connectivity index (χ2v) is 10.2. The Hall–Kier alpha value is -3.09. The van der Waals surface area contributed by atoms with Crippen LogP contribution in [0.1, 0.15) is 39.7 Å². The molecule has 6 nitrogen and oxygen atoms in total. The summed E-state index contributed by atoms with van der Waals surface area (Å²) in [6, 6.07) is 12.8. The molecule has 0 fully saturated rings. The number of halogens is 1. The molecule has 7 heteroatoms. The number of carbonyl (C=O) groups excluding carboxylic acids is 1. The third-order valence-corrected chi connectivity index (χ3v) is 5.94. The van der Waals surface area contributed by atoms with Gasteiger partial charge < -0.3 is 19.5 Å². The number of hydrogen-bond donors (Lipinski definition) is 1. The monoisotopic (exact) mass is 452 g/mol. The predicted octanol–water partition coefficient (Wildman–Crippen LogP) is 5.16. The number of amides is 1. The Morgan fingerprint density at radius 3 is 2.79 bits per heavy atom. The average molecular weight is 453 g/mol. The number of rotatable bonds is 7. The number of imidazole rings is 1. The SMILES string of the molecule is C[C@@H](CN1CCc2cc(F)ccc21)OC(=O)N[C@H](Cn1cnc2ccccc21)CC(C)(C)C. The van der Waals surface area contributed by atoms with Crippen LogP contribution in [0.5, 0.6) is 0 Å². The highest BCUT2D eigenvalue weighted by Gasteiger charge is 2.25. The van der Waals surface area contributed by atoms with Crippen molar-refractivity contribution >= 4 is 22.8 Å². The van der Waals surface area contributed by atoms with E-state index in [1.54, 1.807) is 12.1 Å². The van der Waals surface area contributed by atoms with Crippen molar-refractivity contribution in [1.29, 1.82) is 0 Å². The largest absolute Gasteiger partial charge is 0.445 e. The quantitative estimate of drug-likeness (QED) is 0.538. The molecular weight excluding hydrogens is 419 g/mol. The molecule has 0 saturated carbocycles. The Labute approximate surface area is 194 Å². The molecule has 0 bridgehead atoms. The van der Waals surface area contributed by atoms with Gasteiger partial charge in [-0.15, -0.1) is 0 Å². The number of alkyl carbamates (subject to hydrolysis) is 1. The first-order valence-electron chi connectivity index (χ1n) is 11.6. The van der Waals surface area contributed by atoms with Gasteiger partial charge in [-0.1, -0.05) is 32.9 Å². The summed E-state index contributed by atoms with van der Waals surface area (Å²) in [6.07, 6.45) is 2.71. The summed E-state index contributed by atoms with van der Waals surface area (Å²) in [5.74, 6) is -0.213. The predicted molar refractivity (Wildman–Crippen MR) is 129 cm³/mol. The maximum Gasteiger partial charge on any atom is 0.407 e. The first kappa shape index (κ1) is 23.1. The van der Waals surface area contributed by atoms with Gasteiger partial charge >= 0.3 is 6.09 Å². The van der Waals surface area contributed by atoms with Gasteiger partial charge in [0.05, 0.1) is 29.9 Å². The Morgan fingerprint density at radius 1 is 1.21 bits per heavy atom. The summed E-state index contributed by atoms with van der Waals surface area (Å²) < 4.78 is 21.3. The van der Waals surface area contributed by atoms with Crippen LogP contribution < -0.4 is 10.2 Å². The second-order valence-electron chi connectivity index (χ2n) is 10.2. The van der Waals surface area contributed by atoms with E-state index in [9.17, 15) is 9.18 Å². The molecule has 1 aromatic heterocycles. The Kier molecular flexibility index (Phi) is 6.58. The lowest BCUT2D eigenvalue weighted by atomic mass is 9.88. The van der Waals surface area contributed by atoms with Gasteiger partial charge in [-0.05, 0) is 61.1 Å². The minimum absolute atomic E-state index is 0.0362. The number of aromatic nitrogens is 2. The highest BCUT2D eigenvalue weighted by molar-refractivity contribution is 5.75. The molecule has 0 spiro atoms. The molecule has 0 saturated heterocycles. The van der Waals surface area contributed by atoms with E-state index in [1.165, 1.54) is 6.07 Å². The summed E-state index contributed by atoms with van der Waals surface area (Å²) >= 11 is 0. The van der Waals surface area contributed by atoms with Crippen molar-refractivity contribution in [1.82, 2.24) is 14.9 Å². The van der Waals surface area contributed by atoms with Crippen LogP contribution in [0.25, 0.3) is 11.0 Å². The van der Waals surface area contributed by atoms with Crippen molar-refractivity contribution in [2.24, 2.45) is 5.41 Å². The smallest absolute Gasteiger partial charge is 0.407 e. The van der Waals surface area contributed by atoms with Gasteiger partial charge in [0.25, 0.3) is 0 Å². The number of ether oxygens (including phenoxy) is 1. The molecule has 1 amide bonds. The maximum absolute atomic E-state index is 13.5. The molecule has 2 atom stereocenters. The summed E-state index contributed by atoms with van der Waals surface area (Å²) in [4.78, 5) is 19.4. The summed E-state index contributed by atoms with van der Waals surface area (Å²) in [5, 5.41) is 3.08. The number of fused-ring (bicyclic) bond motifs is 2. The van der Waals surface area contributed by atoms with E-state index >= 15 is 0 Å². The third kappa shape index (κ3) is 5.83. The second kappa shape index (κ2) is 9.41. The molecule has 1 N–H and O–H groups in total. The first-order chi connectivity index (χ1) is 15.7. The minimum atomic E-state index is -0.417. The van der Waals surface area contributed by atoms with Crippen LogP contribution in [0.2, 0.25) is 0 Å². The Balaban J connectivity index is 1.37. The van der Waals surface area contributed by atoms with Crippen LogP contribution >= 0.6 is 0 Å². The van der Waals surface area contributed by atoms with Gasteiger partial charge in [-0.3, -0.25) is 0 Å². The molecular formula is C26H33FN4O2. The van der Waals surface area contributed by atoms with Crippen molar-refractivity contribution < 1.29 is 13.9 Å². The summed E-state index contributed by atoms with van der Waals surface area (Å²) in [7, 11) is 0. The number of para-hydroxylation sites is 2. The van der Waals surface area contributed by atoms with E-state index in [-0.39, 0.29) is 23.4 Å². The lowest BCUT2D eigenvalue weighted by Gasteiger charge is -2.28. The van der Waals surface area contributed by atoms with Crippen molar-refractivity contribution in [3.05, 3.63) is 60.2 Å². The van der Waals surface area contributed by atoms with E-state index in [0.717, 1.165) is 41.7 Å². The van der Waals surface area contributed by atoms with E-state index < -0.39 is 6.09 Å². The van der Waals surface area contributed by atoms with E-state index in [2.05, 4.69) is 40.5 Å². The lowest BCUT2D eigenvalue weighted by Crippen LogP contribution is -2.43. The van der Waals surface area contributed by atoms with Crippen molar-refractivity contribution in [3.63, 3.8) is 0 Å². The highest BCUT2D eigenvalue weighted by atomic mass is 19.1. The van der Waals surface area contributed by atoms with E-state index in [1.807, 2.05) is 37.5 Å². The van der Waals surface area contributed by atoms with Crippen LogP contribution in [0.3, 0.4) is 0 Å². The van der Waals surface area contributed by atoms with Crippen LogP contribution in [0.4, 0.5) is 14.9 Å². The van der Waals surface area contributed by atoms with Crippen molar-refractivity contribution in [3.8, 4) is 0 Å². The highest BCUT2D eigenvalue weighted by Crippen LogP contribution is 2.29. The zero-order valence-electron chi connectivity index (χ0n) is 19.8. The molecule has 0 aliphatic carbocycles. The van der Waals surface area contributed by atoms with E-state index in [0.29, 0.717) is 13.1 Å². The number of benzene rings is 2. The summed E-state index contributed by atoms with van der Waals surface area (Å²) in [5.41, 5.74) is 4.04. The first-order valence-corrected chi connectivity index (χ1v) is 11.6. The number of nitrogens with zero attached hydrogens (tertiary/aromatic N) is 3. The van der Waals surface area contributed by atoms with Gasteiger partial charge in [0, 0.05) is 18.8 Å². The van der Waals surface area contributed by atoms with E-state index in [4.69, 9.17) is 4.74 Å². The average Bonchev–Trinajstić information content (AvgIpc) is 3.30. The fourth-order valence-electron chi connectivity index (χ4n) is 4.65. The zero-order chi connectivity index (χ0) is 23.6. The van der Waals surface area contributed by atoms with Crippen molar-refractivity contribution in [2.75, 3.05) is 18.0 Å². The molecule has 176 valence electrons. The normalized spacial score (nSPS) is 15.4. The molecule has 1 aliphatic rings. The molecule has 0 radical (unpaired) electrons. The van der Waals surface area contributed by atoms with Gasteiger partial charge in [-0.2, -0.15) is 0 Å². The molecule has 2 heterocycles. The van der Waals surface area contributed by atoms with Gasteiger partial charge in [0.2, 0.25) is 0 Å². The fourth-order valence-corrected chi connectivity index (χ4v) is 4.65. The zero-order valence-corrected chi connectivity index (χ0v) is 19.8. The lowest BCUT2D eigenvalue weighted by molar-refractivity contribution is 0.103. The minimum Gasteiger partial charge on any atom is -0.445 e. The Bertz CT molecular complexity index is 1120. The van der Waals surface area contributed by atoms with Gasteiger partial charge in [-0.25, -0.2) is 14.2 Å². The fraction of sp³-hybridized carbons (Fsp3) is 0.462. The molecule has 1 aliphatic heterocycles. The third-order valence-electron chi connectivity index (χ3n) is 5.94.